The van der Waals surface area contributed by atoms with Crippen LogP contribution in [-0.4, -0.2) is 31.3 Å². The fraction of sp³-hybridized carbons (Fsp3) is 0.364. The molecular weight excluding hydrogens is 233 g/mol. The number of rotatable bonds is 4. The molecule has 0 N–H and O–H groups in total. The fourth-order valence-electron chi connectivity index (χ4n) is 1.30. The molecule has 1 rings (SSSR count). The van der Waals surface area contributed by atoms with Gasteiger partial charge in [-0.1, -0.05) is 23.2 Å². The Kier molecular flexibility index (Phi) is 4.58. The highest BCUT2D eigenvalue weighted by Crippen LogP contribution is 2.21. The molecule has 82 valence electrons. The first-order valence-electron chi connectivity index (χ1n) is 4.59. The SMILES string of the molecule is CN(C)CC(=O)Cc1cc(Cl)ccc1Cl. The van der Waals surface area contributed by atoms with Crippen molar-refractivity contribution in [2.75, 3.05) is 20.6 Å². The summed E-state index contributed by atoms with van der Waals surface area (Å²) in [7, 11) is 3.72. The second-order valence-electron chi connectivity index (χ2n) is 3.69. The summed E-state index contributed by atoms with van der Waals surface area (Å²) in [5.41, 5.74) is 0.788. The molecule has 0 aliphatic carbocycles. The molecule has 4 heteroatoms. The first-order valence-corrected chi connectivity index (χ1v) is 5.35. The van der Waals surface area contributed by atoms with Gasteiger partial charge in [0.2, 0.25) is 0 Å². The maximum atomic E-state index is 11.5. The number of carbonyl (C=O) groups is 1. The molecule has 15 heavy (non-hydrogen) atoms. The van der Waals surface area contributed by atoms with Crippen molar-refractivity contribution in [2.24, 2.45) is 0 Å². The number of benzene rings is 1. The lowest BCUT2D eigenvalue weighted by atomic mass is 10.1. The number of hydrogen-bond acceptors (Lipinski definition) is 2. The van der Waals surface area contributed by atoms with E-state index >= 15 is 0 Å². The minimum atomic E-state index is 0.129. The van der Waals surface area contributed by atoms with Gasteiger partial charge in [-0.15, -0.1) is 0 Å². The van der Waals surface area contributed by atoms with Gasteiger partial charge >= 0.3 is 0 Å². The lowest BCUT2D eigenvalue weighted by Gasteiger charge is -2.09. The standard InChI is InChI=1S/C11H13Cl2NO/c1-14(2)7-10(15)6-8-5-9(12)3-4-11(8)13/h3-5H,6-7H2,1-2H3. The lowest BCUT2D eigenvalue weighted by molar-refractivity contribution is -0.119. The summed E-state index contributed by atoms with van der Waals surface area (Å²) < 4.78 is 0. The molecule has 0 spiro atoms. The van der Waals surface area contributed by atoms with Crippen molar-refractivity contribution in [3.05, 3.63) is 33.8 Å². The summed E-state index contributed by atoms with van der Waals surface area (Å²) in [6.45, 7) is 0.419. The highest BCUT2D eigenvalue weighted by atomic mass is 35.5. The molecule has 0 aliphatic heterocycles. The summed E-state index contributed by atoms with van der Waals surface area (Å²) in [6.07, 6.45) is 0.331. The van der Waals surface area contributed by atoms with E-state index in [1.807, 2.05) is 19.0 Å². The van der Waals surface area contributed by atoms with Gasteiger partial charge in [-0.2, -0.15) is 0 Å². The second kappa shape index (κ2) is 5.50. The van der Waals surface area contributed by atoms with Gasteiger partial charge in [-0.25, -0.2) is 0 Å². The van der Waals surface area contributed by atoms with Crippen LogP contribution in [0.4, 0.5) is 0 Å². The molecule has 0 amide bonds. The van der Waals surface area contributed by atoms with Gasteiger partial charge in [0, 0.05) is 16.5 Å². The van der Waals surface area contributed by atoms with Gasteiger partial charge in [0.05, 0.1) is 6.54 Å². The fourth-order valence-corrected chi connectivity index (χ4v) is 1.68. The van der Waals surface area contributed by atoms with Crippen molar-refractivity contribution in [3.8, 4) is 0 Å². The van der Waals surface area contributed by atoms with Crippen LogP contribution in [0.15, 0.2) is 18.2 Å². The molecule has 1 aromatic carbocycles. The van der Waals surface area contributed by atoms with Gasteiger partial charge in [-0.3, -0.25) is 4.79 Å². The number of likely N-dealkylation sites (N-methyl/N-ethyl adjacent to an activating group) is 1. The van der Waals surface area contributed by atoms with Crippen LogP contribution in [0.2, 0.25) is 10.0 Å². The van der Waals surface area contributed by atoms with Crippen LogP contribution in [0, 0.1) is 0 Å². The molecule has 0 unspecified atom stereocenters. The van der Waals surface area contributed by atoms with Gasteiger partial charge in [0.25, 0.3) is 0 Å². The Labute approximate surface area is 99.8 Å². The van der Waals surface area contributed by atoms with Gasteiger partial charge in [0.1, 0.15) is 0 Å². The number of hydrogen-bond donors (Lipinski definition) is 0. The molecule has 0 saturated heterocycles. The summed E-state index contributed by atoms with van der Waals surface area (Å²) in [6, 6.07) is 5.16. The molecular formula is C11H13Cl2NO. The van der Waals surface area contributed by atoms with Crippen molar-refractivity contribution in [3.63, 3.8) is 0 Å². The number of halogens is 2. The van der Waals surface area contributed by atoms with Gasteiger partial charge in [-0.05, 0) is 37.9 Å². The Bertz CT molecular complexity index is 364. The average Bonchev–Trinajstić information content (AvgIpc) is 2.10. The van der Waals surface area contributed by atoms with Crippen LogP contribution in [-0.2, 0) is 11.2 Å². The summed E-state index contributed by atoms with van der Waals surface area (Å²) in [4.78, 5) is 13.4. The molecule has 0 aliphatic rings. The normalized spacial score (nSPS) is 10.7. The molecule has 0 heterocycles. The summed E-state index contributed by atoms with van der Waals surface area (Å²) in [5.74, 6) is 0.129. The van der Waals surface area contributed by atoms with E-state index in [1.54, 1.807) is 18.2 Å². The Balaban J connectivity index is 2.71. The van der Waals surface area contributed by atoms with Gasteiger partial charge < -0.3 is 4.90 Å². The Morgan fingerprint density at radius 3 is 2.60 bits per heavy atom. The van der Waals surface area contributed by atoms with Crippen molar-refractivity contribution < 1.29 is 4.79 Å². The number of nitrogens with zero attached hydrogens (tertiary/aromatic N) is 1. The van der Waals surface area contributed by atoms with Crippen LogP contribution >= 0.6 is 23.2 Å². The number of carbonyl (C=O) groups excluding carboxylic acids is 1. The van der Waals surface area contributed by atoms with Crippen molar-refractivity contribution in [1.82, 2.24) is 4.90 Å². The van der Waals surface area contributed by atoms with E-state index in [0.29, 0.717) is 23.0 Å². The van der Waals surface area contributed by atoms with Crippen LogP contribution < -0.4 is 0 Å². The van der Waals surface area contributed by atoms with E-state index in [1.165, 1.54) is 0 Å². The smallest absolute Gasteiger partial charge is 0.151 e. The van der Waals surface area contributed by atoms with Crippen molar-refractivity contribution in [2.45, 2.75) is 6.42 Å². The number of Topliss-reactive ketones (excluding diaryl/α,β-unsaturated/α-hetero) is 1. The van der Waals surface area contributed by atoms with E-state index < -0.39 is 0 Å². The predicted octanol–water partition coefficient (Wildman–Crippen LogP) is 2.67. The van der Waals surface area contributed by atoms with Crippen molar-refractivity contribution in [1.29, 1.82) is 0 Å². The monoisotopic (exact) mass is 245 g/mol. The molecule has 1 aromatic rings. The van der Waals surface area contributed by atoms with Gasteiger partial charge in [0.15, 0.2) is 5.78 Å². The first-order chi connectivity index (χ1) is 6.99. The molecule has 0 aromatic heterocycles. The van der Waals surface area contributed by atoms with Crippen LogP contribution in [0.3, 0.4) is 0 Å². The van der Waals surface area contributed by atoms with E-state index in [2.05, 4.69) is 0 Å². The van der Waals surface area contributed by atoms with Crippen molar-refractivity contribution >= 4 is 29.0 Å². The van der Waals surface area contributed by atoms with Crippen LogP contribution in [0.25, 0.3) is 0 Å². The van der Waals surface area contributed by atoms with Crippen LogP contribution in [0.1, 0.15) is 5.56 Å². The average molecular weight is 246 g/mol. The highest BCUT2D eigenvalue weighted by molar-refractivity contribution is 6.33. The highest BCUT2D eigenvalue weighted by Gasteiger charge is 2.08. The Hall–Kier alpha value is -0.570. The lowest BCUT2D eigenvalue weighted by Crippen LogP contribution is -2.23. The third kappa shape index (κ3) is 4.20. The minimum Gasteiger partial charge on any atom is -0.302 e. The largest absolute Gasteiger partial charge is 0.302 e. The maximum absolute atomic E-state index is 11.5. The molecule has 2 nitrogen and oxygen atoms in total. The summed E-state index contributed by atoms with van der Waals surface area (Å²) >= 11 is 11.8. The molecule has 0 atom stereocenters. The predicted molar refractivity (Wildman–Crippen MR) is 63.7 cm³/mol. The zero-order valence-corrected chi connectivity index (χ0v) is 10.3. The zero-order valence-electron chi connectivity index (χ0n) is 8.76. The first kappa shape index (κ1) is 12.5. The van der Waals surface area contributed by atoms with E-state index in [-0.39, 0.29) is 5.78 Å². The molecule has 0 saturated carbocycles. The van der Waals surface area contributed by atoms with E-state index in [9.17, 15) is 4.79 Å². The molecule has 0 fully saturated rings. The summed E-state index contributed by atoms with van der Waals surface area (Å²) in [5, 5.41) is 1.19. The second-order valence-corrected chi connectivity index (χ2v) is 4.53. The topological polar surface area (TPSA) is 20.3 Å². The number of ketones is 1. The molecule has 0 bridgehead atoms. The quantitative estimate of drug-likeness (QED) is 0.814. The maximum Gasteiger partial charge on any atom is 0.151 e. The van der Waals surface area contributed by atoms with Crippen LogP contribution in [0.5, 0.6) is 0 Å². The minimum absolute atomic E-state index is 0.129. The van der Waals surface area contributed by atoms with E-state index in [0.717, 1.165) is 5.56 Å². The Morgan fingerprint density at radius 1 is 1.33 bits per heavy atom. The van der Waals surface area contributed by atoms with E-state index in [4.69, 9.17) is 23.2 Å². The third-order valence-electron chi connectivity index (χ3n) is 1.89. The Morgan fingerprint density at radius 2 is 2.00 bits per heavy atom. The molecule has 0 radical (unpaired) electrons. The zero-order chi connectivity index (χ0) is 11.4. The third-order valence-corrected chi connectivity index (χ3v) is 2.49.